The fourth-order valence-electron chi connectivity index (χ4n) is 1.84. The number of aromatic nitrogens is 2. The Kier molecular flexibility index (Phi) is 4.49. The highest BCUT2D eigenvalue weighted by Crippen LogP contribution is 2.27. The Morgan fingerprint density at radius 3 is 2.65 bits per heavy atom. The molecule has 0 radical (unpaired) electrons. The molecular weight excluding hydrogens is 284 g/mol. The van der Waals surface area contributed by atoms with E-state index in [-0.39, 0.29) is 11.3 Å². The largest absolute Gasteiger partial charge is 0.337 e. The molecule has 0 aliphatic carbocycles. The summed E-state index contributed by atoms with van der Waals surface area (Å²) in [7, 11) is 0. The first kappa shape index (κ1) is 14.7. The molecule has 0 saturated heterocycles. The zero-order chi connectivity index (χ0) is 14.7. The van der Waals surface area contributed by atoms with Crippen molar-refractivity contribution in [3.05, 3.63) is 46.4 Å². The molecule has 0 spiro atoms. The zero-order valence-corrected chi connectivity index (χ0v) is 11.9. The lowest BCUT2D eigenvalue weighted by molar-refractivity contribution is 0.595. The lowest BCUT2D eigenvalue weighted by Gasteiger charge is -2.12. The van der Waals surface area contributed by atoms with Gasteiger partial charge < -0.3 is 5.32 Å². The topological polar surface area (TPSA) is 37.8 Å². The van der Waals surface area contributed by atoms with E-state index in [4.69, 9.17) is 11.6 Å². The van der Waals surface area contributed by atoms with Crippen LogP contribution in [0, 0.1) is 18.6 Å². The van der Waals surface area contributed by atoms with Gasteiger partial charge in [-0.15, -0.1) is 0 Å². The summed E-state index contributed by atoms with van der Waals surface area (Å²) in [6.07, 6.45) is 2.77. The molecule has 0 bridgehead atoms. The first-order valence-corrected chi connectivity index (χ1v) is 6.62. The summed E-state index contributed by atoms with van der Waals surface area (Å²) in [5.74, 6) is -0.624. The lowest BCUT2D eigenvalue weighted by atomic mass is 10.1. The fraction of sp³-hybridized carbons (Fsp3) is 0.286. The Balaban J connectivity index is 2.40. The smallest absolute Gasteiger partial charge is 0.147 e. The van der Waals surface area contributed by atoms with Gasteiger partial charge in [0.2, 0.25) is 0 Å². The predicted octanol–water partition coefficient (Wildman–Crippen LogP) is 4.41. The molecule has 6 heteroatoms. The molecule has 2 aromatic rings. The van der Waals surface area contributed by atoms with Gasteiger partial charge in [-0.2, -0.15) is 0 Å². The quantitative estimate of drug-likeness (QED) is 0.849. The molecular formula is C14H14ClF2N3. The number of nitrogens with one attached hydrogen (secondary N) is 1. The summed E-state index contributed by atoms with van der Waals surface area (Å²) in [4.78, 5) is 7.95. The van der Waals surface area contributed by atoms with Crippen molar-refractivity contribution in [2.45, 2.75) is 26.7 Å². The third-order valence-electron chi connectivity index (χ3n) is 2.89. The van der Waals surface area contributed by atoms with Gasteiger partial charge in [0.05, 0.1) is 5.69 Å². The maximum Gasteiger partial charge on any atom is 0.147 e. The molecule has 0 amide bonds. The molecule has 0 atom stereocenters. The maximum atomic E-state index is 13.8. The van der Waals surface area contributed by atoms with Crippen molar-refractivity contribution >= 4 is 23.1 Å². The normalized spacial score (nSPS) is 10.7. The fourth-order valence-corrected chi connectivity index (χ4v) is 2.07. The molecule has 1 aromatic carbocycles. The van der Waals surface area contributed by atoms with Gasteiger partial charge in [-0.3, -0.25) is 0 Å². The van der Waals surface area contributed by atoms with Crippen LogP contribution in [0.2, 0.25) is 5.15 Å². The summed E-state index contributed by atoms with van der Waals surface area (Å²) in [6, 6.07) is 2.25. The van der Waals surface area contributed by atoms with Crippen LogP contribution in [0.1, 0.15) is 24.5 Å². The van der Waals surface area contributed by atoms with Crippen molar-refractivity contribution in [2.75, 3.05) is 5.32 Å². The van der Waals surface area contributed by atoms with Gasteiger partial charge in [0.15, 0.2) is 0 Å². The summed E-state index contributed by atoms with van der Waals surface area (Å²) < 4.78 is 27.4. The zero-order valence-electron chi connectivity index (χ0n) is 11.2. The highest BCUT2D eigenvalue weighted by molar-refractivity contribution is 6.30. The van der Waals surface area contributed by atoms with E-state index in [1.165, 1.54) is 13.3 Å². The SMILES string of the molecule is CCCc1c(Cl)ncnc1Nc1cc(F)c(C)cc1F. The molecule has 20 heavy (non-hydrogen) atoms. The molecule has 106 valence electrons. The maximum absolute atomic E-state index is 13.8. The van der Waals surface area contributed by atoms with Crippen LogP contribution in [0.4, 0.5) is 20.3 Å². The Morgan fingerprint density at radius 2 is 1.95 bits per heavy atom. The van der Waals surface area contributed by atoms with Crippen molar-refractivity contribution in [1.82, 2.24) is 9.97 Å². The number of aryl methyl sites for hydroxylation is 1. The van der Waals surface area contributed by atoms with E-state index >= 15 is 0 Å². The summed E-state index contributed by atoms with van der Waals surface area (Å²) >= 11 is 6.01. The van der Waals surface area contributed by atoms with Gasteiger partial charge in [-0.25, -0.2) is 18.7 Å². The number of anilines is 2. The van der Waals surface area contributed by atoms with E-state index in [0.717, 1.165) is 18.6 Å². The number of hydrogen-bond donors (Lipinski definition) is 1. The predicted molar refractivity (Wildman–Crippen MR) is 75.4 cm³/mol. The average molecular weight is 298 g/mol. The molecule has 1 aromatic heterocycles. The van der Waals surface area contributed by atoms with Gasteiger partial charge in [-0.05, 0) is 25.0 Å². The van der Waals surface area contributed by atoms with E-state index in [1.54, 1.807) is 0 Å². The van der Waals surface area contributed by atoms with Crippen LogP contribution < -0.4 is 5.32 Å². The van der Waals surface area contributed by atoms with E-state index in [0.29, 0.717) is 23.0 Å². The molecule has 0 saturated carbocycles. The van der Waals surface area contributed by atoms with Crippen molar-refractivity contribution in [1.29, 1.82) is 0 Å². The number of hydrogen-bond acceptors (Lipinski definition) is 3. The van der Waals surface area contributed by atoms with Crippen LogP contribution in [0.5, 0.6) is 0 Å². The van der Waals surface area contributed by atoms with E-state index in [2.05, 4.69) is 15.3 Å². The molecule has 2 rings (SSSR count). The van der Waals surface area contributed by atoms with E-state index < -0.39 is 11.6 Å². The average Bonchev–Trinajstić information content (AvgIpc) is 2.40. The van der Waals surface area contributed by atoms with Crippen LogP contribution in [-0.4, -0.2) is 9.97 Å². The number of halogens is 3. The van der Waals surface area contributed by atoms with Gasteiger partial charge in [0.25, 0.3) is 0 Å². The number of nitrogens with zero attached hydrogens (tertiary/aromatic N) is 2. The van der Waals surface area contributed by atoms with Crippen LogP contribution >= 0.6 is 11.6 Å². The highest BCUT2D eigenvalue weighted by Gasteiger charge is 2.13. The Morgan fingerprint density at radius 1 is 1.20 bits per heavy atom. The lowest BCUT2D eigenvalue weighted by Crippen LogP contribution is -2.03. The van der Waals surface area contributed by atoms with Crippen LogP contribution in [0.3, 0.4) is 0 Å². The third kappa shape index (κ3) is 3.04. The summed E-state index contributed by atoms with van der Waals surface area (Å²) in [6.45, 7) is 3.49. The summed E-state index contributed by atoms with van der Waals surface area (Å²) in [5, 5.41) is 3.10. The minimum atomic E-state index is -0.541. The molecule has 0 fully saturated rings. The van der Waals surface area contributed by atoms with E-state index in [9.17, 15) is 8.78 Å². The minimum Gasteiger partial charge on any atom is -0.337 e. The van der Waals surface area contributed by atoms with Gasteiger partial charge in [0.1, 0.15) is 28.9 Å². The molecule has 0 unspecified atom stereocenters. The number of benzene rings is 1. The van der Waals surface area contributed by atoms with Gasteiger partial charge in [-0.1, -0.05) is 24.9 Å². The van der Waals surface area contributed by atoms with Crippen molar-refractivity contribution < 1.29 is 8.78 Å². The molecule has 0 aliphatic rings. The second-order valence-electron chi connectivity index (χ2n) is 4.45. The second-order valence-corrected chi connectivity index (χ2v) is 4.81. The number of rotatable bonds is 4. The Hall–Kier alpha value is -1.75. The van der Waals surface area contributed by atoms with Crippen molar-refractivity contribution in [3.63, 3.8) is 0 Å². The monoisotopic (exact) mass is 297 g/mol. The summed E-state index contributed by atoms with van der Waals surface area (Å²) in [5.41, 5.74) is 0.972. The van der Waals surface area contributed by atoms with Crippen LogP contribution in [-0.2, 0) is 6.42 Å². The first-order valence-electron chi connectivity index (χ1n) is 6.25. The van der Waals surface area contributed by atoms with Gasteiger partial charge >= 0.3 is 0 Å². The third-order valence-corrected chi connectivity index (χ3v) is 3.22. The second kappa shape index (κ2) is 6.13. The van der Waals surface area contributed by atoms with Gasteiger partial charge in [0, 0.05) is 11.6 Å². The minimum absolute atomic E-state index is 0.0280. The van der Waals surface area contributed by atoms with Crippen molar-refractivity contribution in [2.24, 2.45) is 0 Å². The molecule has 1 heterocycles. The standard InChI is InChI=1S/C14H14ClF2N3/c1-3-4-9-13(15)18-7-19-14(9)20-12-6-10(16)8(2)5-11(12)17/h5-7H,3-4H2,1-2H3,(H,18,19,20). The molecule has 3 nitrogen and oxygen atoms in total. The Bertz CT molecular complexity index is 632. The van der Waals surface area contributed by atoms with E-state index in [1.807, 2.05) is 6.92 Å². The molecule has 0 aliphatic heterocycles. The van der Waals surface area contributed by atoms with Crippen LogP contribution in [0.25, 0.3) is 0 Å². The molecule has 1 N–H and O–H groups in total. The van der Waals surface area contributed by atoms with Crippen LogP contribution in [0.15, 0.2) is 18.5 Å². The van der Waals surface area contributed by atoms with Crippen molar-refractivity contribution in [3.8, 4) is 0 Å². The first-order chi connectivity index (χ1) is 9.52. The highest BCUT2D eigenvalue weighted by atomic mass is 35.5. The Labute approximate surface area is 121 Å².